The van der Waals surface area contributed by atoms with E-state index in [-0.39, 0.29) is 29.9 Å². The van der Waals surface area contributed by atoms with Crippen molar-refractivity contribution in [3.05, 3.63) is 42.5 Å². The molecule has 0 aliphatic rings. The molecule has 0 saturated carbocycles. The second-order valence-corrected chi connectivity index (χ2v) is 7.64. The molecule has 0 atom stereocenters. The zero-order valence-electron chi connectivity index (χ0n) is 18.4. The molecule has 0 fully saturated rings. The molecule has 5 heteroatoms. The summed E-state index contributed by atoms with van der Waals surface area (Å²) in [6, 6.07) is 10.0. The Morgan fingerprint density at radius 1 is 0.828 bits per heavy atom. The van der Waals surface area contributed by atoms with Gasteiger partial charge in [0, 0.05) is 11.9 Å². The van der Waals surface area contributed by atoms with Crippen molar-refractivity contribution in [3.63, 3.8) is 0 Å². The van der Waals surface area contributed by atoms with Crippen LogP contribution in [0.1, 0.15) is 84.6 Å². The monoisotopic (exact) mass is 453 g/mol. The Bertz CT molecular complexity index is 487. The topological polar surface area (TPSA) is 80.3 Å². The van der Waals surface area contributed by atoms with Crippen LogP contribution in [0.2, 0.25) is 0 Å². The van der Waals surface area contributed by atoms with Crippen molar-refractivity contribution < 1.29 is 36.9 Å². The van der Waals surface area contributed by atoms with E-state index in [1.165, 1.54) is 5.56 Å². The second-order valence-electron chi connectivity index (χ2n) is 7.64. The van der Waals surface area contributed by atoms with Gasteiger partial charge in [-0.25, -0.2) is 0 Å². The Hall–Kier alpha value is -1.58. The minimum Gasteiger partial charge on any atom is -0.550 e. The van der Waals surface area contributed by atoms with Crippen molar-refractivity contribution in [3.8, 4) is 0 Å². The molecule has 0 N–H and O–H groups in total. The van der Waals surface area contributed by atoms with Gasteiger partial charge in [0.05, 0.1) is 0 Å². The Kier molecular flexibility index (Phi) is 25.1. The molecule has 0 heterocycles. The molecule has 1 radical (unpaired) electrons. The van der Waals surface area contributed by atoms with Gasteiger partial charge < -0.3 is 19.8 Å². The molecule has 0 unspecified atom stereocenters. The normalized spacial score (nSPS) is 9.45. The van der Waals surface area contributed by atoms with E-state index < -0.39 is 11.9 Å². The van der Waals surface area contributed by atoms with Crippen LogP contribution >= 0.6 is 0 Å². The third kappa shape index (κ3) is 31.3. The maximum atomic E-state index is 9.93. The van der Waals surface area contributed by atoms with E-state index in [1.807, 2.05) is 36.4 Å². The van der Waals surface area contributed by atoms with E-state index >= 15 is 0 Å². The number of unbranched alkanes of at least 4 members (excludes halogenated alkanes) is 2. The predicted octanol–water partition coefficient (Wildman–Crippen LogP) is 4.23. The molecular formula is C24H38CuO4. The van der Waals surface area contributed by atoms with E-state index in [1.54, 1.807) is 0 Å². The summed E-state index contributed by atoms with van der Waals surface area (Å²) < 4.78 is 0. The Balaban J connectivity index is -0.000000345. The average molecular weight is 454 g/mol. The van der Waals surface area contributed by atoms with Crippen LogP contribution in [0.5, 0.6) is 0 Å². The van der Waals surface area contributed by atoms with Gasteiger partial charge in [-0.2, -0.15) is 0 Å². The first-order chi connectivity index (χ1) is 13.2. The van der Waals surface area contributed by atoms with Crippen molar-refractivity contribution in [1.29, 1.82) is 0 Å². The summed E-state index contributed by atoms with van der Waals surface area (Å²) >= 11 is 0. The van der Waals surface area contributed by atoms with Gasteiger partial charge in [-0.3, -0.25) is 0 Å². The van der Waals surface area contributed by atoms with Crippen LogP contribution in [0.4, 0.5) is 0 Å². The molecule has 1 rings (SSSR count). The van der Waals surface area contributed by atoms with E-state index in [0.29, 0.717) is 11.8 Å². The van der Waals surface area contributed by atoms with Crippen molar-refractivity contribution >= 4 is 18.0 Å². The van der Waals surface area contributed by atoms with E-state index in [2.05, 4.69) is 34.3 Å². The molecule has 0 aliphatic heterocycles. The predicted molar refractivity (Wildman–Crippen MR) is 113 cm³/mol. The third-order valence-electron chi connectivity index (χ3n) is 3.86. The SMILES string of the molecule is C=Cc1ccccc1.CC(C)CCCCC(=O)[O-].CC(C)CCCCC(=O)[O-].[Cu+2]. The molecule has 0 spiro atoms. The average Bonchev–Trinajstić information content (AvgIpc) is 2.63. The van der Waals surface area contributed by atoms with Crippen LogP contribution in [0, 0.1) is 11.8 Å². The van der Waals surface area contributed by atoms with Gasteiger partial charge in [0.2, 0.25) is 0 Å². The van der Waals surface area contributed by atoms with Crippen molar-refractivity contribution in [2.75, 3.05) is 0 Å². The first-order valence-electron chi connectivity index (χ1n) is 10.3. The van der Waals surface area contributed by atoms with Crippen LogP contribution < -0.4 is 10.2 Å². The summed E-state index contributed by atoms with van der Waals surface area (Å²) in [5, 5.41) is 19.9. The van der Waals surface area contributed by atoms with Gasteiger partial charge in [-0.05, 0) is 43.1 Å². The fourth-order valence-corrected chi connectivity index (χ4v) is 2.23. The van der Waals surface area contributed by atoms with Gasteiger partial charge >= 0.3 is 17.1 Å². The number of hydrogen-bond acceptors (Lipinski definition) is 4. The number of hydrogen-bond donors (Lipinski definition) is 0. The maximum absolute atomic E-state index is 9.93. The minimum absolute atomic E-state index is 0. The molecule has 1 aromatic carbocycles. The second kappa shape index (κ2) is 22.7. The van der Waals surface area contributed by atoms with Crippen molar-refractivity contribution in [2.45, 2.75) is 79.1 Å². The summed E-state index contributed by atoms with van der Waals surface area (Å²) in [4.78, 5) is 19.9. The summed E-state index contributed by atoms with van der Waals surface area (Å²) in [5.41, 5.74) is 1.17. The molecule has 1 aromatic rings. The standard InChI is InChI=1S/2C8H16O2.C8H8.Cu/c2*1-7(2)5-3-4-6-8(9)10;1-2-8-6-4-3-5-7-8;/h2*7H,3-6H2,1-2H3,(H,9,10);2-7H,1H2;/q;;;+2/p-2. The number of aliphatic carboxylic acids is 2. The molecular weight excluding hydrogens is 416 g/mol. The van der Waals surface area contributed by atoms with Crippen LogP contribution in [-0.4, -0.2) is 11.9 Å². The Labute approximate surface area is 188 Å². The quantitative estimate of drug-likeness (QED) is 0.370. The number of carboxylic acid groups (broad SMARTS) is 2. The molecule has 0 aromatic heterocycles. The first-order valence-corrected chi connectivity index (χ1v) is 10.3. The summed E-state index contributed by atoms with van der Waals surface area (Å²) in [6.45, 7) is 12.2. The minimum atomic E-state index is -0.927. The fourth-order valence-electron chi connectivity index (χ4n) is 2.23. The molecule has 0 amide bonds. The van der Waals surface area contributed by atoms with Crippen molar-refractivity contribution in [2.24, 2.45) is 11.8 Å². The Morgan fingerprint density at radius 2 is 1.21 bits per heavy atom. The van der Waals surface area contributed by atoms with E-state index in [4.69, 9.17) is 0 Å². The smallest absolute Gasteiger partial charge is 0.550 e. The van der Waals surface area contributed by atoms with Gasteiger partial charge in [0.25, 0.3) is 0 Å². The number of carboxylic acids is 2. The number of carbonyl (C=O) groups excluding carboxylic acids is 2. The summed E-state index contributed by atoms with van der Waals surface area (Å²) in [7, 11) is 0. The molecule has 0 saturated heterocycles. The number of benzene rings is 1. The molecule has 29 heavy (non-hydrogen) atoms. The zero-order valence-corrected chi connectivity index (χ0v) is 19.4. The van der Waals surface area contributed by atoms with Gasteiger partial charge in [-0.1, -0.05) is 96.4 Å². The third-order valence-corrected chi connectivity index (χ3v) is 3.86. The Morgan fingerprint density at radius 3 is 1.45 bits per heavy atom. The van der Waals surface area contributed by atoms with Crippen LogP contribution in [0.25, 0.3) is 6.08 Å². The molecule has 0 bridgehead atoms. The summed E-state index contributed by atoms with van der Waals surface area (Å²) in [5.74, 6) is -0.490. The van der Waals surface area contributed by atoms with Crippen LogP contribution in [0.3, 0.4) is 0 Å². The fraction of sp³-hybridized carbons (Fsp3) is 0.583. The van der Waals surface area contributed by atoms with Gasteiger partial charge in [-0.15, -0.1) is 0 Å². The zero-order chi connectivity index (χ0) is 21.8. The number of rotatable bonds is 11. The van der Waals surface area contributed by atoms with Crippen molar-refractivity contribution in [1.82, 2.24) is 0 Å². The van der Waals surface area contributed by atoms with E-state index in [0.717, 1.165) is 38.5 Å². The van der Waals surface area contributed by atoms with Crippen LogP contribution in [-0.2, 0) is 26.7 Å². The van der Waals surface area contributed by atoms with Gasteiger partial charge in [0.15, 0.2) is 0 Å². The summed E-state index contributed by atoms with van der Waals surface area (Å²) in [6.07, 6.45) is 8.04. The number of carbonyl (C=O) groups is 2. The molecule has 169 valence electrons. The molecule has 0 aliphatic carbocycles. The van der Waals surface area contributed by atoms with Gasteiger partial charge in [0.1, 0.15) is 0 Å². The largest absolute Gasteiger partial charge is 2.00 e. The molecule has 4 nitrogen and oxygen atoms in total. The van der Waals surface area contributed by atoms with E-state index in [9.17, 15) is 19.8 Å². The first kappa shape index (κ1) is 32.1. The maximum Gasteiger partial charge on any atom is 2.00 e. The van der Waals surface area contributed by atoms with Crippen LogP contribution in [0.15, 0.2) is 36.9 Å².